The molecule has 2 aliphatic rings. The first-order valence-corrected chi connectivity index (χ1v) is 13.9. The standard InChI is InChI=1S/C21H24N6OS2.2C2H6/c1-11-19(30-12(2)23-11)17-10-29-21(26-17)27-18-6-3-13(9-22-18)20(28)25-16-7-14-4-5-15(8-16)24-14;2*1-2/h3,6,9-10,14-16,24H,4-5,7-8H2,1-2H3,(H,25,28)(H,22,26,27);2*1-2H3/t14-,15+,16?;;. The van der Waals surface area contributed by atoms with E-state index in [1.807, 2.05) is 59.1 Å². The molecule has 2 bridgehead atoms. The number of amides is 1. The van der Waals surface area contributed by atoms with Crippen LogP contribution in [0, 0.1) is 13.8 Å². The molecule has 0 aromatic carbocycles. The fourth-order valence-electron chi connectivity index (χ4n) is 4.36. The first-order valence-electron chi connectivity index (χ1n) is 12.2. The Hall–Kier alpha value is -2.36. The Morgan fingerprint density at radius 2 is 1.76 bits per heavy atom. The summed E-state index contributed by atoms with van der Waals surface area (Å²) in [6.07, 6.45) is 6.10. The summed E-state index contributed by atoms with van der Waals surface area (Å²) < 4.78 is 0. The van der Waals surface area contributed by atoms with Gasteiger partial charge in [-0.2, -0.15) is 0 Å². The summed E-state index contributed by atoms with van der Waals surface area (Å²) in [6, 6.07) is 5.00. The van der Waals surface area contributed by atoms with Gasteiger partial charge in [-0.25, -0.2) is 15.0 Å². The third kappa shape index (κ3) is 6.40. The van der Waals surface area contributed by atoms with Crippen LogP contribution in [0.25, 0.3) is 10.6 Å². The lowest BCUT2D eigenvalue weighted by molar-refractivity contribution is 0.0923. The Morgan fingerprint density at radius 3 is 2.35 bits per heavy atom. The maximum Gasteiger partial charge on any atom is 0.253 e. The molecule has 3 N–H and O–H groups in total. The van der Waals surface area contributed by atoms with Gasteiger partial charge in [-0.05, 0) is 51.7 Å². The first-order chi connectivity index (χ1) is 16.5. The van der Waals surface area contributed by atoms with Gasteiger partial charge in [0.15, 0.2) is 5.13 Å². The average molecular weight is 501 g/mol. The number of carbonyl (C=O) groups excluding carboxylic acids is 1. The third-order valence-corrected chi connectivity index (χ3v) is 7.56. The van der Waals surface area contributed by atoms with Crippen molar-refractivity contribution in [2.24, 2.45) is 0 Å². The molecule has 34 heavy (non-hydrogen) atoms. The van der Waals surface area contributed by atoms with Crippen molar-refractivity contribution < 1.29 is 4.79 Å². The summed E-state index contributed by atoms with van der Waals surface area (Å²) >= 11 is 3.18. The van der Waals surface area contributed by atoms with Crippen molar-refractivity contribution in [3.05, 3.63) is 40.0 Å². The Morgan fingerprint density at radius 1 is 1.06 bits per heavy atom. The van der Waals surface area contributed by atoms with Crippen LogP contribution in [-0.4, -0.2) is 39.0 Å². The molecule has 184 valence electrons. The summed E-state index contributed by atoms with van der Waals surface area (Å²) in [5.74, 6) is 0.623. The number of nitrogens with one attached hydrogen (secondary N) is 3. The number of fused-ring (bicyclic) bond motifs is 2. The maximum absolute atomic E-state index is 12.6. The second-order valence-electron chi connectivity index (χ2n) is 8.02. The lowest BCUT2D eigenvalue weighted by Crippen LogP contribution is -2.48. The molecule has 0 spiro atoms. The van der Waals surface area contributed by atoms with Crippen LogP contribution in [0.2, 0.25) is 0 Å². The van der Waals surface area contributed by atoms with E-state index in [0.29, 0.717) is 23.5 Å². The number of piperidine rings is 1. The van der Waals surface area contributed by atoms with Crippen molar-refractivity contribution in [3.63, 3.8) is 0 Å². The van der Waals surface area contributed by atoms with Gasteiger partial charge in [0.1, 0.15) is 5.82 Å². The largest absolute Gasteiger partial charge is 0.349 e. The molecule has 0 aliphatic carbocycles. The number of thiazole rings is 2. The SMILES string of the molecule is CC.CC.Cc1nc(C)c(-c2csc(Nc3ccc(C(=O)NC4C[C@H]5CC[C@@H](C4)N5)cn3)n2)s1. The van der Waals surface area contributed by atoms with Gasteiger partial charge in [-0.1, -0.05) is 27.7 Å². The van der Waals surface area contributed by atoms with Gasteiger partial charge in [0.25, 0.3) is 5.91 Å². The van der Waals surface area contributed by atoms with Gasteiger partial charge in [-0.15, -0.1) is 22.7 Å². The summed E-state index contributed by atoms with van der Waals surface area (Å²) in [7, 11) is 0. The molecule has 5 heterocycles. The molecule has 2 fully saturated rings. The highest BCUT2D eigenvalue weighted by atomic mass is 32.1. The topological polar surface area (TPSA) is 91.8 Å². The van der Waals surface area contributed by atoms with Gasteiger partial charge in [0.2, 0.25) is 0 Å². The minimum Gasteiger partial charge on any atom is -0.349 e. The van der Waals surface area contributed by atoms with E-state index in [1.54, 1.807) is 17.5 Å². The van der Waals surface area contributed by atoms with Crippen LogP contribution in [-0.2, 0) is 0 Å². The maximum atomic E-state index is 12.6. The number of anilines is 2. The Bertz CT molecular complexity index is 1050. The molecule has 9 heteroatoms. The zero-order valence-electron chi connectivity index (χ0n) is 20.9. The lowest BCUT2D eigenvalue weighted by atomic mass is 9.99. The van der Waals surface area contributed by atoms with E-state index in [-0.39, 0.29) is 11.9 Å². The van der Waals surface area contributed by atoms with Crippen molar-refractivity contribution >= 4 is 39.5 Å². The highest BCUT2D eigenvalue weighted by molar-refractivity contribution is 7.16. The van der Waals surface area contributed by atoms with Crippen molar-refractivity contribution in [1.29, 1.82) is 0 Å². The van der Waals surface area contributed by atoms with Gasteiger partial charge in [0.05, 0.1) is 26.8 Å². The monoisotopic (exact) mass is 500 g/mol. The van der Waals surface area contributed by atoms with Gasteiger partial charge in [-0.3, -0.25) is 4.79 Å². The van der Waals surface area contributed by atoms with E-state index in [4.69, 9.17) is 0 Å². The molecule has 7 nitrogen and oxygen atoms in total. The van der Waals surface area contributed by atoms with Crippen LogP contribution in [0.5, 0.6) is 0 Å². The number of hydrogen-bond donors (Lipinski definition) is 3. The molecule has 3 aromatic rings. The van der Waals surface area contributed by atoms with Crippen LogP contribution in [0.3, 0.4) is 0 Å². The van der Waals surface area contributed by atoms with E-state index >= 15 is 0 Å². The highest BCUT2D eigenvalue weighted by Crippen LogP contribution is 2.33. The zero-order valence-corrected chi connectivity index (χ0v) is 22.6. The van der Waals surface area contributed by atoms with Crippen LogP contribution in [0.1, 0.15) is 74.4 Å². The van der Waals surface area contributed by atoms with Crippen LogP contribution in [0.15, 0.2) is 23.7 Å². The number of aryl methyl sites for hydroxylation is 2. The molecule has 3 aromatic heterocycles. The van der Waals surface area contributed by atoms with Crippen LogP contribution >= 0.6 is 22.7 Å². The molecular weight excluding hydrogens is 464 g/mol. The molecule has 1 amide bonds. The number of carbonyl (C=O) groups is 1. The molecule has 0 saturated carbocycles. The smallest absolute Gasteiger partial charge is 0.253 e. The molecule has 2 aliphatic heterocycles. The lowest BCUT2D eigenvalue weighted by Gasteiger charge is -2.29. The molecule has 1 unspecified atom stereocenters. The number of aromatic nitrogens is 3. The number of pyridine rings is 1. The summed E-state index contributed by atoms with van der Waals surface area (Å²) in [5, 5.41) is 13.8. The fraction of sp³-hybridized carbons (Fsp3) is 0.520. The van der Waals surface area contributed by atoms with Gasteiger partial charge < -0.3 is 16.0 Å². The van der Waals surface area contributed by atoms with E-state index in [2.05, 4.69) is 30.9 Å². The Balaban J connectivity index is 0.000000771. The van der Waals surface area contributed by atoms with Gasteiger partial charge >= 0.3 is 0 Å². The highest BCUT2D eigenvalue weighted by Gasteiger charge is 2.34. The van der Waals surface area contributed by atoms with E-state index in [1.165, 1.54) is 24.2 Å². The molecule has 3 atom stereocenters. The summed E-state index contributed by atoms with van der Waals surface area (Å²) in [6.45, 7) is 12.0. The molecule has 0 radical (unpaired) electrons. The van der Waals surface area contributed by atoms with E-state index < -0.39 is 0 Å². The fourth-order valence-corrected chi connectivity index (χ4v) is 6.02. The second kappa shape index (κ2) is 12.4. The van der Waals surface area contributed by atoms with Crippen molar-refractivity contribution in [1.82, 2.24) is 25.6 Å². The van der Waals surface area contributed by atoms with Crippen molar-refractivity contribution in [3.8, 4) is 10.6 Å². The predicted octanol–water partition coefficient (Wildman–Crippen LogP) is 6.09. The van der Waals surface area contributed by atoms with Gasteiger partial charge in [0, 0.05) is 29.7 Å². The van der Waals surface area contributed by atoms with E-state index in [9.17, 15) is 4.79 Å². The first kappa shape index (κ1) is 26.2. The second-order valence-corrected chi connectivity index (χ2v) is 10.1. The predicted molar refractivity (Wildman–Crippen MR) is 143 cm³/mol. The Kier molecular flexibility index (Phi) is 9.55. The summed E-state index contributed by atoms with van der Waals surface area (Å²) in [5.41, 5.74) is 2.52. The minimum atomic E-state index is -0.0482. The normalized spacial score (nSPS) is 20.5. The zero-order chi connectivity index (χ0) is 24.7. The van der Waals surface area contributed by atoms with Crippen LogP contribution < -0.4 is 16.0 Å². The summed E-state index contributed by atoms with van der Waals surface area (Å²) in [4.78, 5) is 27.2. The van der Waals surface area contributed by atoms with Crippen molar-refractivity contribution in [2.75, 3.05) is 5.32 Å². The Labute approximate surface area is 210 Å². The number of hydrogen-bond acceptors (Lipinski definition) is 8. The number of nitrogens with zero attached hydrogens (tertiary/aromatic N) is 3. The van der Waals surface area contributed by atoms with E-state index in [0.717, 1.165) is 39.2 Å². The quantitative estimate of drug-likeness (QED) is 0.393. The molecular formula is C25H36N6OS2. The number of rotatable bonds is 5. The average Bonchev–Trinajstić information content (AvgIpc) is 3.55. The minimum absolute atomic E-state index is 0.0482. The molecule has 2 saturated heterocycles. The van der Waals surface area contributed by atoms with Crippen LogP contribution in [0.4, 0.5) is 10.9 Å². The van der Waals surface area contributed by atoms with Crippen molar-refractivity contribution in [2.45, 2.75) is 85.4 Å². The molecule has 5 rings (SSSR count). The third-order valence-electron chi connectivity index (χ3n) is 5.71.